The molecule has 7 nitrogen and oxygen atoms in total. The Labute approximate surface area is 213 Å². The van der Waals surface area contributed by atoms with Gasteiger partial charge < -0.3 is 24.4 Å². The molecule has 1 aliphatic rings. The molecule has 0 bridgehead atoms. The summed E-state index contributed by atoms with van der Waals surface area (Å²) in [5, 5.41) is 11.3. The van der Waals surface area contributed by atoms with Crippen LogP contribution in [0.1, 0.15) is 44.9 Å². The fourth-order valence-electron chi connectivity index (χ4n) is 4.27. The highest BCUT2D eigenvalue weighted by atomic mass is 16.5. The molecule has 0 aromatic heterocycles. The minimum absolute atomic E-state index is 0.0130. The molecule has 7 heteroatoms. The number of hydrogen-bond acceptors (Lipinski definition) is 6. The lowest BCUT2D eigenvalue weighted by molar-refractivity contribution is -0.140. The highest BCUT2D eigenvalue weighted by molar-refractivity contribution is 6.46. The second kappa shape index (κ2) is 12.4. The van der Waals surface area contributed by atoms with Crippen LogP contribution in [-0.4, -0.2) is 65.5 Å². The third-order valence-electron chi connectivity index (χ3n) is 6.15. The molecule has 1 heterocycles. The number of amides is 1. The topological polar surface area (TPSA) is 79.3 Å². The summed E-state index contributed by atoms with van der Waals surface area (Å²) in [5.41, 5.74) is 1.25. The highest BCUT2D eigenvalue weighted by Gasteiger charge is 2.46. The molecule has 36 heavy (non-hydrogen) atoms. The van der Waals surface area contributed by atoms with Crippen molar-refractivity contribution in [1.29, 1.82) is 0 Å². The first-order chi connectivity index (χ1) is 17.3. The van der Waals surface area contributed by atoms with Gasteiger partial charge in [-0.1, -0.05) is 38.6 Å². The van der Waals surface area contributed by atoms with E-state index in [1.807, 2.05) is 26.0 Å². The summed E-state index contributed by atoms with van der Waals surface area (Å²) >= 11 is 0. The van der Waals surface area contributed by atoms with Gasteiger partial charge in [0, 0.05) is 18.7 Å². The Hall–Kier alpha value is -3.58. The van der Waals surface area contributed by atoms with Crippen LogP contribution in [0.25, 0.3) is 5.76 Å². The normalized spacial score (nSPS) is 17.2. The van der Waals surface area contributed by atoms with Crippen molar-refractivity contribution < 1.29 is 24.2 Å². The summed E-state index contributed by atoms with van der Waals surface area (Å²) in [6, 6.07) is 13.4. The monoisotopic (exact) mass is 492 g/mol. The van der Waals surface area contributed by atoms with E-state index in [4.69, 9.17) is 9.47 Å². The molecule has 0 spiro atoms. The number of carbonyl (C=O) groups is 2. The van der Waals surface area contributed by atoms with E-state index in [0.717, 1.165) is 18.7 Å². The Morgan fingerprint density at radius 2 is 1.67 bits per heavy atom. The van der Waals surface area contributed by atoms with E-state index in [-0.39, 0.29) is 17.4 Å². The van der Waals surface area contributed by atoms with Gasteiger partial charge in [-0.05, 0) is 68.9 Å². The Balaban J connectivity index is 2.03. The zero-order chi connectivity index (χ0) is 26.2. The van der Waals surface area contributed by atoms with Crippen LogP contribution in [0.15, 0.2) is 66.8 Å². The van der Waals surface area contributed by atoms with Crippen molar-refractivity contribution in [1.82, 2.24) is 9.80 Å². The quantitative estimate of drug-likeness (QED) is 0.198. The summed E-state index contributed by atoms with van der Waals surface area (Å²) in [7, 11) is 0. The number of ether oxygens (including phenoxy) is 2. The molecule has 1 saturated heterocycles. The second-order valence-corrected chi connectivity index (χ2v) is 8.88. The number of aliphatic hydroxyl groups excluding tert-OH is 1. The number of aliphatic hydroxyl groups is 1. The van der Waals surface area contributed by atoms with Crippen LogP contribution in [0, 0.1) is 0 Å². The third-order valence-corrected chi connectivity index (χ3v) is 6.15. The fourth-order valence-corrected chi connectivity index (χ4v) is 4.27. The van der Waals surface area contributed by atoms with Crippen molar-refractivity contribution in [3.8, 4) is 11.5 Å². The first kappa shape index (κ1) is 27.0. The highest BCUT2D eigenvalue weighted by Crippen LogP contribution is 2.40. The molecule has 2 aromatic carbocycles. The summed E-state index contributed by atoms with van der Waals surface area (Å²) in [5.74, 6) is -0.189. The van der Waals surface area contributed by atoms with Crippen LogP contribution in [0.2, 0.25) is 0 Å². The van der Waals surface area contributed by atoms with Gasteiger partial charge >= 0.3 is 0 Å². The predicted molar refractivity (Wildman–Crippen MR) is 141 cm³/mol. The standard InChI is InChI=1S/C29H36N2O5/c1-6-19-35-23-13-9-21(10-14-23)26-25(27(32)22-11-15-24(16-12-22)36-20(4)5)28(33)29(34)31(26)18-17-30(7-2)8-3/h6,9-16,20,26,32H,1,7-8,17-19H2,2-5H3/b27-25+. The zero-order valence-corrected chi connectivity index (χ0v) is 21.6. The maximum Gasteiger partial charge on any atom is 0.295 e. The summed E-state index contributed by atoms with van der Waals surface area (Å²) < 4.78 is 11.3. The number of Topliss-reactive ketones (excluding diaryl/α,β-unsaturated/α-hetero) is 1. The number of hydrogen-bond donors (Lipinski definition) is 1. The lowest BCUT2D eigenvalue weighted by Gasteiger charge is -2.28. The Kier molecular flexibility index (Phi) is 9.31. The van der Waals surface area contributed by atoms with E-state index in [0.29, 0.717) is 36.8 Å². The number of rotatable bonds is 12. The minimum Gasteiger partial charge on any atom is -0.507 e. The van der Waals surface area contributed by atoms with Gasteiger partial charge in [0.1, 0.15) is 23.9 Å². The van der Waals surface area contributed by atoms with Crippen LogP contribution < -0.4 is 9.47 Å². The largest absolute Gasteiger partial charge is 0.507 e. The van der Waals surface area contributed by atoms with Crippen LogP contribution >= 0.6 is 0 Å². The lowest BCUT2D eigenvalue weighted by Crippen LogP contribution is -2.38. The Bertz CT molecular complexity index is 1090. The lowest BCUT2D eigenvalue weighted by atomic mass is 9.95. The molecule has 3 rings (SSSR count). The van der Waals surface area contributed by atoms with Crippen molar-refractivity contribution in [3.63, 3.8) is 0 Å². The molecule has 1 aliphatic heterocycles. The maximum absolute atomic E-state index is 13.2. The number of ketones is 1. The molecule has 192 valence electrons. The van der Waals surface area contributed by atoms with Gasteiger partial charge in [-0.3, -0.25) is 9.59 Å². The van der Waals surface area contributed by atoms with E-state index in [2.05, 4.69) is 25.3 Å². The first-order valence-electron chi connectivity index (χ1n) is 12.4. The van der Waals surface area contributed by atoms with Crippen molar-refractivity contribution in [2.75, 3.05) is 32.8 Å². The summed E-state index contributed by atoms with van der Waals surface area (Å²) in [6.45, 7) is 14.7. The first-order valence-corrected chi connectivity index (χ1v) is 12.4. The van der Waals surface area contributed by atoms with Gasteiger partial charge in [-0.15, -0.1) is 0 Å². The summed E-state index contributed by atoms with van der Waals surface area (Å²) in [4.78, 5) is 30.1. The smallest absolute Gasteiger partial charge is 0.295 e. The molecular weight excluding hydrogens is 456 g/mol. The molecule has 1 N–H and O–H groups in total. The van der Waals surface area contributed by atoms with Gasteiger partial charge in [-0.2, -0.15) is 0 Å². The molecule has 0 saturated carbocycles. The van der Waals surface area contributed by atoms with Crippen molar-refractivity contribution in [2.45, 2.75) is 39.8 Å². The summed E-state index contributed by atoms with van der Waals surface area (Å²) in [6.07, 6.45) is 1.67. The van der Waals surface area contributed by atoms with Gasteiger partial charge in [0.05, 0.1) is 17.7 Å². The number of likely N-dealkylation sites (N-methyl/N-ethyl adjacent to an activating group) is 1. The number of benzene rings is 2. The Morgan fingerprint density at radius 1 is 1.06 bits per heavy atom. The van der Waals surface area contributed by atoms with Crippen molar-refractivity contribution >= 4 is 17.4 Å². The van der Waals surface area contributed by atoms with E-state index in [1.165, 1.54) is 0 Å². The third kappa shape index (κ3) is 6.15. The number of nitrogens with zero attached hydrogens (tertiary/aromatic N) is 2. The molecular formula is C29H36N2O5. The van der Waals surface area contributed by atoms with Crippen molar-refractivity contribution in [3.05, 3.63) is 77.9 Å². The van der Waals surface area contributed by atoms with Gasteiger partial charge in [0.25, 0.3) is 11.7 Å². The maximum atomic E-state index is 13.2. The van der Waals surface area contributed by atoms with E-state index in [1.54, 1.807) is 47.4 Å². The van der Waals surface area contributed by atoms with Gasteiger partial charge in [0.2, 0.25) is 0 Å². The molecule has 0 radical (unpaired) electrons. The molecule has 0 aliphatic carbocycles. The Morgan fingerprint density at radius 3 is 2.22 bits per heavy atom. The molecule has 1 unspecified atom stereocenters. The van der Waals surface area contributed by atoms with Crippen LogP contribution in [0.4, 0.5) is 0 Å². The van der Waals surface area contributed by atoms with E-state index in [9.17, 15) is 14.7 Å². The minimum atomic E-state index is -0.708. The molecule has 1 amide bonds. The van der Waals surface area contributed by atoms with E-state index >= 15 is 0 Å². The van der Waals surface area contributed by atoms with Crippen LogP contribution in [0.3, 0.4) is 0 Å². The second-order valence-electron chi connectivity index (χ2n) is 8.88. The average Bonchev–Trinajstić information content (AvgIpc) is 3.13. The van der Waals surface area contributed by atoms with Crippen LogP contribution in [0.5, 0.6) is 11.5 Å². The van der Waals surface area contributed by atoms with E-state index < -0.39 is 17.7 Å². The molecule has 1 atom stereocenters. The molecule has 1 fully saturated rings. The SMILES string of the molecule is C=CCOc1ccc(C2/C(=C(\O)c3ccc(OC(C)C)cc3)C(=O)C(=O)N2CCN(CC)CC)cc1. The fraction of sp³-hybridized carbons (Fsp3) is 0.379. The number of likely N-dealkylation sites (tertiary alicyclic amines) is 1. The van der Waals surface area contributed by atoms with Crippen molar-refractivity contribution in [2.24, 2.45) is 0 Å². The van der Waals surface area contributed by atoms with Gasteiger partial charge in [-0.25, -0.2) is 0 Å². The number of carbonyl (C=O) groups excluding carboxylic acids is 2. The average molecular weight is 493 g/mol. The van der Waals surface area contributed by atoms with Crippen LogP contribution in [-0.2, 0) is 9.59 Å². The zero-order valence-electron chi connectivity index (χ0n) is 21.6. The molecule has 2 aromatic rings. The predicted octanol–water partition coefficient (Wildman–Crippen LogP) is 4.80. The van der Waals surface area contributed by atoms with Gasteiger partial charge in [0.15, 0.2) is 0 Å².